The molecule has 0 aromatic heterocycles. The first-order valence-corrected chi connectivity index (χ1v) is 9.96. The van der Waals surface area contributed by atoms with Gasteiger partial charge < -0.3 is 14.5 Å². The molecular weight excluding hydrogens is 316 g/mol. The van der Waals surface area contributed by atoms with Gasteiger partial charge in [0, 0.05) is 33.1 Å². The van der Waals surface area contributed by atoms with E-state index in [0.29, 0.717) is 24.8 Å². The first kappa shape index (κ1) is 20.1. The van der Waals surface area contributed by atoms with Gasteiger partial charge in [0.05, 0.1) is 0 Å². The summed E-state index contributed by atoms with van der Waals surface area (Å²) in [4.78, 5) is 28.3. The zero-order chi connectivity index (χ0) is 18.4. The second-order valence-electron chi connectivity index (χ2n) is 8.90. The van der Waals surface area contributed by atoms with Gasteiger partial charge in [0.15, 0.2) is 0 Å². The molecule has 144 valence electrons. The molecule has 5 heteroatoms. The van der Waals surface area contributed by atoms with E-state index in [0.717, 1.165) is 38.3 Å². The van der Waals surface area contributed by atoms with Crippen molar-refractivity contribution in [2.24, 2.45) is 11.8 Å². The summed E-state index contributed by atoms with van der Waals surface area (Å²) in [5.41, 5.74) is -0.472. The number of amides is 2. The highest BCUT2D eigenvalue weighted by atomic mass is 16.6. The maximum Gasteiger partial charge on any atom is 0.410 e. The Kier molecular flexibility index (Phi) is 7.14. The molecule has 0 bridgehead atoms. The fourth-order valence-electron chi connectivity index (χ4n) is 4.03. The van der Waals surface area contributed by atoms with Crippen LogP contribution in [-0.2, 0) is 9.53 Å². The summed E-state index contributed by atoms with van der Waals surface area (Å²) in [6.45, 7) is 7.94. The maximum absolute atomic E-state index is 12.5. The number of likely N-dealkylation sites (tertiary alicyclic amines) is 1. The van der Waals surface area contributed by atoms with Gasteiger partial charge in [-0.15, -0.1) is 0 Å². The highest BCUT2D eigenvalue weighted by Crippen LogP contribution is 2.29. The van der Waals surface area contributed by atoms with Gasteiger partial charge in [0.25, 0.3) is 0 Å². The summed E-state index contributed by atoms with van der Waals surface area (Å²) in [6, 6.07) is 0. The Balaban J connectivity index is 1.75. The Morgan fingerprint density at radius 3 is 2.36 bits per heavy atom. The Morgan fingerprint density at radius 1 is 1.08 bits per heavy atom. The molecule has 1 atom stereocenters. The van der Waals surface area contributed by atoms with Crippen molar-refractivity contribution in [3.63, 3.8) is 0 Å². The lowest BCUT2D eigenvalue weighted by Gasteiger charge is -2.35. The van der Waals surface area contributed by atoms with Crippen LogP contribution in [0.1, 0.15) is 72.1 Å². The number of rotatable bonds is 5. The van der Waals surface area contributed by atoms with Crippen molar-refractivity contribution in [2.75, 3.05) is 26.7 Å². The quantitative estimate of drug-likeness (QED) is 0.749. The normalized spacial score (nSPS) is 22.1. The standard InChI is InChI=1S/C20H36N2O3/c1-20(2,3)25-19(24)21(4)14-17-10-7-13-22(15-17)18(23)12-11-16-8-5-6-9-16/h16-17H,5-15H2,1-4H3. The molecular formula is C20H36N2O3. The van der Waals surface area contributed by atoms with E-state index in [1.807, 2.05) is 25.7 Å². The molecule has 0 N–H and O–H groups in total. The van der Waals surface area contributed by atoms with Crippen molar-refractivity contribution in [1.29, 1.82) is 0 Å². The molecule has 2 fully saturated rings. The highest BCUT2D eigenvalue weighted by molar-refractivity contribution is 5.76. The van der Waals surface area contributed by atoms with Crippen LogP contribution in [0.4, 0.5) is 4.79 Å². The van der Waals surface area contributed by atoms with Crippen molar-refractivity contribution < 1.29 is 14.3 Å². The minimum atomic E-state index is -0.472. The number of nitrogens with zero attached hydrogens (tertiary/aromatic N) is 2. The SMILES string of the molecule is CN(CC1CCCN(C(=O)CCC2CCCC2)C1)C(=O)OC(C)(C)C. The zero-order valence-corrected chi connectivity index (χ0v) is 16.6. The number of carbonyl (C=O) groups excluding carboxylic acids is 2. The summed E-state index contributed by atoms with van der Waals surface area (Å²) < 4.78 is 5.42. The molecule has 1 saturated heterocycles. The molecule has 0 aromatic rings. The molecule has 0 spiro atoms. The second kappa shape index (κ2) is 8.91. The van der Waals surface area contributed by atoms with Crippen molar-refractivity contribution in [3.8, 4) is 0 Å². The predicted molar refractivity (Wildman–Crippen MR) is 99.4 cm³/mol. The van der Waals surface area contributed by atoms with Gasteiger partial charge in [-0.2, -0.15) is 0 Å². The molecule has 2 amide bonds. The van der Waals surface area contributed by atoms with Gasteiger partial charge >= 0.3 is 6.09 Å². The van der Waals surface area contributed by atoms with E-state index < -0.39 is 5.60 Å². The van der Waals surface area contributed by atoms with Crippen LogP contribution in [0, 0.1) is 11.8 Å². The fraction of sp³-hybridized carbons (Fsp3) is 0.900. The third-order valence-electron chi connectivity index (χ3n) is 5.35. The van der Waals surface area contributed by atoms with Gasteiger partial charge in [-0.1, -0.05) is 25.7 Å². The van der Waals surface area contributed by atoms with Crippen LogP contribution < -0.4 is 0 Å². The van der Waals surface area contributed by atoms with Crippen molar-refractivity contribution in [3.05, 3.63) is 0 Å². The van der Waals surface area contributed by atoms with Crippen LogP contribution in [0.25, 0.3) is 0 Å². The number of piperidine rings is 1. The number of hydrogen-bond donors (Lipinski definition) is 0. The average Bonchev–Trinajstić information content (AvgIpc) is 3.04. The summed E-state index contributed by atoms with van der Waals surface area (Å²) in [6.07, 6.45) is 8.84. The summed E-state index contributed by atoms with van der Waals surface area (Å²) in [5.74, 6) is 1.42. The van der Waals surface area contributed by atoms with Crippen LogP contribution in [0.2, 0.25) is 0 Å². The predicted octanol–water partition coefficient (Wildman–Crippen LogP) is 4.06. The topological polar surface area (TPSA) is 49.9 Å². The first-order chi connectivity index (χ1) is 11.7. The first-order valence-electron chi connectivity index (χ1n) is 9.96. The lowest BCUT2D eigenvalue weighted by atomic mass is 9.96. The monoisotopic (exact) mass is 352 g/mol. The molecule has 2 rings (SSSR count). The average molecular weight is 353 g/mol. The molecule has 1 saturated carbocycles. The molecule has 1 heterocycles. The Morgan fingerprint density at radius 2 is 1.72 bits per heavy atom. The van der Waals surface area contributed by atoms with Gasteiger partial charge in [-0.25, -0.2) is 4.79 Å². The molecule has 0 aromatic carbocycles. The van der Waals surface area contributed by atoms with Crippen molar-refractivity contribution in [2.45, 2.75) is 77.7 Å². The molecule has 2 aliphatic rings. The molecule has 1 unspecified atom stereocenters. The van der Waals surface area contributed by atoms with Gasteiger partial charge in [-0.05, 0) is 51.9 Å². The molecule has 0 radical (unpaired) electrons. The van der Waals surface area contributed by atoms with Crippen molar-refractivity contribution in [1.82, 2.24) is 9.80 Å². The largest absolute Gasteiger partial charge is 0.444 e. The van der Waals surface area contributed by atoms with Gasteiger partial charge in [-0.3, -0.25) is 4.79 Å². The zero-order valence-electron chi connectivity index (χ0n) is 16.6. The third kappa shape index (κ3) is 6.87. The molecule has 1 aliphatic carbocycles. The second-order valence-corrected chi connectivity index (χ2v) is 8.90. The molecule has 1 aliphatic heterocycles. The van der Waals surface area contributed by atoms with E-state index in [1.54, 1.807) is 11.9 Å². The summed E-state index contributed by atoms with van der Waals surface area (Å²) >= 11 is 0. The maximum atomic E-state index is 12.5. The molecule has 5 nitrogen and oxygen atoms in total. The van der Waals surface area contributed by atoms with E-state index in [9.17, 15) is 9.59 Å². The van der Waals surface area contributed by atoms with Crippen LogP contribution in [-0.4, -0.2) is 54.1 Å². The third-order valence-corrected chi connectivity index (χ3v) is 5.35. The van der Waals surface area contributed by atoms with E-state index in [4.69, 9.17) is 4.74 Å². The van der Waals surface area contributed by atoms with Gasteiger partial charge in [0.2, 0.25) is 5.91 Å². The van der Waals surface area contributed by atoms with Crippen LogP contribution >= 0.6 is 0 Å². The Labute approximate surface area is 153 Å². The van der Waals surface area contributed by atoms with E-state index in [1.165, 1.54) is 25.7 Å². The van der Waals surface area contributed by atoms with E-state index in [-0.39, 0.29) is 6.09 Å². The minimum absolute atomic E-state index is 0.280. The van der Waals surface area contributed by atoms with Gasteiger partial charge in [0.1, 0.15) is 5.60 Å². The number of carbonyl (C=O) groups is 2. The van der Waals surface area contributed by atoms with E-state index in [2.05, 4.69) is 0 Å². The Bertz CT molecular complexity index is 452. The summed E-state index contributed by atoms with van der Waals surface area (Å²) in [7, 11) is 1.79. The lowest BCUT2D eigenvalue weighted by Crippen LogP contribution is -2.45. The fourth-order valence-corrected chi connectivity index (χ4v) is 4.03. The molecule has 25 heavy (non-hydrogen) atoms. The van der Waals surface area contributed by atoms with E-state index >= 15 is 0 Å². The highest BCUT2D eigenvalue weighted by Gasteiger charge is 2.27. The van der Waals surface area contributed by atoms with Crippen LogP contribution in [0.5, 0.6) is 0 Å². The minimum Gasteiger partial charge on any atom is -0.444 e. The lowest BCUT2D eigenvalue weighted by molar-refractivity contribution is -0.133. The number of ether oxygens (including phenoxy) is 1. The smallest absolute Gasteiger partial charge is 0.410 e. The van der Waals surface area contributed by atoms with Crippen LogP contribution in [0.15, 0.2) is 0 Å². The number of hydrogen-bond acceptors (Lipinski definition) is 3. The summed E-state index contributed by atoms with van der Waals surface area (Å²) in [5, 5.41) is 0. The van der Waals surface area contributed by atoms with Crippen molar-refractivity contribution >= 4 is 12.0 Å². The Hall–Kier alpha value is -1.26. The van der Waals surface area contributed by atoms with Crippen LogP contribution in [0.3, 0.4) is 0 Å².